The summed E-state index contributed by atoms with van der Waals surface area (Å²) < 4.78 is 12.2. The maximum atomic E-state index is 12.4. The number of carbonyl (C=O) groups is 2. The third-order valence-electron chi connectivity index (χ3n) is 4.59. The van der Waals surface area contributed by atoms with Crippen LogP contribution in [-0.4, -0.2) is 31.6 Å². The number of halogens is 1. The average Bonchev–Trinajstić information content (AvgIpc) is 2.76. The molecule has 30 heavy (non-hydrogen) atoms. The van der Waals surface area contributed by atoms with Gasteiger partial charge in [0.1, 0.15) is 18.1 Å². The molecule has 3 aromatic rings. The van der Waals surface area contributed by atoms with Crippen LogP contribution in [0.1, 0.15) is 10.4 Å². The maximum absolute atomic E-state index is 12.4. The minimum absolute atomic E-state index is 0.0531. The van der Waals surface area contributed by atoms with E-state index in [-0.39, 0.29) is 18.4 Å². The number of nitrogens with zero attached hydrogens (tertiary/aromatic N) is 1. The number of fused-ring (bicyclic) bond motifs is 1. The minimum atomic E-state index is -0.220. The number of hydrogen-bond acceptors (Lipinski definition) is 4. The standard InChI is InChI=1S/C23H19BrN2O4/c24-17-8-6-16(7-9-17)23(28)25-18-10-11-20-21(14-18)30-15-22(27)26(20)12-13-29-19-4-2-1-3-5-19/h1-11,14H,12-13,15H2,(H,25,28). The van der Waals surface area contributed by atoms with Crippen molar-refractivity contribution in [3.05, 3.63) is 82.8 Å². The number of hydrogen-bond donors (Lipinski definition) is 1. The van der Waals surface area contributed by atoms with Gasteiger partial charge in [-0.1, -0.05) is 34.1 Å². The van der Waals surface area contributed by atoms with Gasteiger partial charge >= 0.3 is 0 Å². The highest BCUT2D eigenvalue weighted by Crippen LogP contribution is 2.34. The molecule has 3 aromatic carbocycles. The lowest BCUT2D eigenvalue weighted by molar-refractivity contribution is -0.121. The number of para-hydroxylation sites is 1. The topological polar surface area (TPSA) is 67.9 Å². The fourth-order valence-corrected chi connectivity index (χ4v) is 3.37. The summed E-state index contributed by atoms with van der Waals surface area (Å²) in [5.41, 5.74) is 1.80. The first-order chi connectivity index (χ1) is 14.6. The molecule has 2 amide bonds. The van der Waals surface area contributed by atoms with Crippen molar-refractivity contribution in [2.75, 3.05) is 30.0 Å². The van der Waals surface area contributed by atoms with Crippen molar-refractivity contribution in [3.8, 4) is 11.5 Å². The van der Waals surface area contributed by atoms with E-state index in [2.05, 4.69) is 21.2 Å². The highest BCUT2D eigenvalue weighted by atomic mass is 79.9. The van der Waals surface area contributed by atoms with Gasteiger partial charge < -0.3 is 19.7 Å². The predicted octanol–water partition coefficient (Wildman–Crippen LogP) is 4.51. The van der Waals surface area contributed by atoms with Crippen LogP contribution in [0.25, 0.3) is 0 Å². The monoisotopic (exact) mass is 466 g/mol. The Morgan fingerprint density at radius 2 is 1.83 bits per heavy atom. The summed E-state index contributed by atoms with van der Waals surface area (Å²) in [5, 5.41) is 2.86. The van der Waals surface area contributed by atoms with E-state index in [0.29, 0.717) is 35.8 Å². The average molecular weight is 467 g/mol. The first kappa shape index (κ1) is 20.0. The second-order valence-corrected chi connectivity index (χ2v) is 7.55. The Morgan fingerprint density at radius 1 is 1.07 bits per heavy atom. The molecule has 0 aromatic heterocycles. The van der Waals surface area contributed by atoms with Crippen LogP contribution < -0.4 is 19.7 Å². The summed E-state index contributed by atoms with van der Waals surface area (Å²) in [6.07, 6.45) is 0. The van der Waals surface area contributed by atoms with Gasteiger partial charge in [0.15, 0.2) is 6.61 Å². The van der Waals surface area contributed by atoms with E-state index in [1.165, 1.54) is 0 Å². The minimum Gasteiger partial charge on any atom is -0.492 e. The number of rotatable bonds is 6. The van der Waals surface area contributed by atoms with Crippen molar-refractivity contribution >= 4 is 39.1 Å². The van der Waals surface area contributed by atoms with Crippen molar-refractivity contribution < 1.29 is 19.1 Å². The second-order valence-electron chi connectivity index (χ2n) is 6.64. The smallest absolute Gasteiger partial charge is 0.265 e. The number of anilines is 2. The molecule has 1 N–H and O–H groups in total. The summed E-state index contributed by atoms with van der Waals surface area (Å²) >= 11 is 3.35. The summed E-state index contributed by atoms with van der Waals surface area (Å²) in [5.74, 6) is 0.945. The van der Waals surface area contributed by atoms with Crippen molar-refractivity contribution in [2.45, 2.75) is 0 Å². The number of ether oxygens (including phenoxy) is 2. The molecule has 1 aliphatic heterocycles. The van der Waals surface area contributed by atoms with E-state index < -0.39 is 0 Å². The molecular weight excluding hydrogens is 448 g/mol. The van der Waals surface area contributed by atoms with E-state index in [1.807, 2.05) is 42.5 Å². The molecule has 152 valence electrons. The highest BCUT2D eigenvalue weighted by Gasteiger charge is 2.26. The highest BCUT2D eigenvalue weighted by molar-refractivity contribution is 9.10. The first-order valence-corrected chi connectivity index (χ1v) is 10.2. The van der Waals surface area contributed by atoms with E-state index >= 15 is 0 Å². The molecule has 4 rings (SSSR count). The quantitative estimate of drug-likeness (QED) is 0.580. The summed E-state index contributed by atoms with van der Waals surface area (Å²) in [4.78, 5) is 26.4. The molecule has 0 aliphatic carbocycles. The lowest BCUT2D eigenvalue weighted by atomic mass is 10.2. The van der Waals surface area contributed by atoms with Crippen LogP contribution >= 0.6 is 15.9 Å². The van der Waals surface area contributed by atoms with E-state index in [0.717, 1.165) is 10.2 Å². The molecule has 7 heteroatoms. The number of carbonyl (C=O) groups excluding carboxylic acids is 2. The SMILES string of the molecule is O=C(Nc1ccc2c(c1)OCC(=O)N2CCOc1ccccc1)c1ccc(Br)cc1. The van der Waals surface area contributed by atoms with Crippen molar-refractivity contribution in [1.82, 2.24) is 0 Å². The molecule has 0 saturated heterocycles. The molecule has 0 bridgehead atoms. The molecule has 1 aliphatic rings. The normalized spacial score (nSPS) is 12.7. The van der Waals surface area contributed by atoms with Crippen molar-refractivity contribution in [2.24, 2.45) is 0 Å². The van der Waals surface area contributed by atoms with E-state index in [1.54, 1.807) is 35.2 Å². The number of amides is 2. The zero-order valence-electron chi connectivity index (χ0n) is 16.0. The van der Waals surface area contributed by atoms with Crippen LogP contribution in [0.4, 0.5) is 11.4 Å². The van der Waals surface area contributed by atoms with Gasteiger partial charge in [0.2, 0.25) is 0 Å². The molecule has 0 saturated carbocycles. The lowest BCUT2D eigenvalue weighted by Gasteiger charge is -2.29. The molecule has 0 unspecified atom stereocenters. The fourth-order valence-electron chi connectivity index (χ4n) is 3.10. The summed E-state index contributed by atoms with van der Waals surface area (Å²) in [7, 11) is 0. The zero-order chi connectivity index (χ0) is 20.9. The van der Waals surface area contributed by atoms with Gasteiger partial charge in [-0.05, 0) is 48.5 Å². The molecule has 0 fully saturated rings. The van der Waals surface area contributed by atoms with Gasteiger partial charge in [0.25, 0.3) is 11.8 Å². The third kappa shape index (κ3) is 4.63. The first-order valence-electron chi connectivity index (χ1n) is 9.42. The van der Waals surface area contributed by atoms with Crippen LogP contribution in [-0.2, 0) is 4.79 Å². The maximum Gasteiger partial charge on any atom is 0.265 e. The largest absolute Gasteiger partial charge is 0.492 e. The van der Waals surface area contributed by atoms with Crippen molar-refractivity contribution in [1.29, 1.82) is 0 Å². The molecule has 0 spiro atoms. The number of benzene rings is 3. The van der Waals surface area contributed by atoms with Crippen LogP contribution in [0.2, 0.25) is 0 Å². The lowest BCUT2D eigenvalue weighted by Crippen LogP contribution is -2.41. The Hall–Kier alpha value is -3.32. The van der Waals surface area contributed by atoms with Gasteiger partial charge in [-0.15, -0.1) is 0 Å². The van der Waals surface area contributed by atoms with Crippen LogP contribution in [0.3, 0.4) is 0 Å². The Morgan fingerprint density at radius 3 is 2.60 bits per heavy atom. The Kier molecular flexibility index (Phi) is 5.99. The Labute approximate surface area is 182 Å². The predicted molar refractivity (Wildman–Crippen MR) is 118 cm³/mol. The van der Waals surface area contributed by atoms with Gasteiger partial charge in [-0.2, -0.15) is 0 Å². The van der Waals surface area contributed by atoms with Gasteiger partial charge in [-0.3, -0.25) is 9.59 Å². The summed E-state index contributed by atoms with van der Waals surface area (Å²) in [6.45, 7) is 0.703. The van der Waals surface area contributed by atoms with Crippen molar-refractivity contribution in [3.63, 3.8) is 0 Å². The van der Waals surface area contributed by atoms with Crippen LogP contribution in [0.5, 0.6) is 11.5 Å². The molecule has 6 nitrogen and oxygen atoms in total. The summed E-state index contributed by atoms with van der Waals surface area (Å²) in [6, 6.07) is 21.8. The third-order valence-corrected chi connectivity index (χ3v) is 5.12. The molecule has 0 atom stereocenters. The molecule has 1 heterocycles. The molecular formula is C23H19BrN2O4. The van der Waals surface area contributed by atoms with E-state index in [4.69, 9.17) is 9.47 Å². The fraction of sp³-hybridized carbons (Fsp3) is 0.130. The van der Waals surface area contributed by atoms with E-state index in [9.17, 15) is 9.59 Å². The second kappa shape index (κ2) is 9.00. The Bertz CT molecular complexity index is 1050. The number of nitrogens with one attached hydrogen (secondary N) is 1. The van der Waals surface area contributed by atoms with Gasteiger partial charge in [0.05, 0.1) is 12.2 Å². The molecule has 0 radical (unpaired) electrons. The van der Waals surface area contributed by atoms with Gasteiger partial charge in [0, 0.05) is 21.8 Å². The Balaban J connectivity index is 1.44. The van der Waals surface area contributed by atoms with Crippen LogP contribution in [0.15, 0.2) is 77.3 Å². The van der Waals surface area contributed by atoms with Gasteiger partial charge in [-0.25, -0.2) is 0 Å². The zero-order valence-corrected chi connectivity index (χ0v) is 17.6. The van der Waals surface area contributed by atoms with Crippen LogP contribution in [0, 0.1) is 0 Å².